The number of anilines is 3. The standard InChI is InChI=1S/C13H11N3O2.C5H8F2/c1-14-10-11(13(18)12(10)17)16-9-6-15-8-5-3-2-4-7(8)9;6-5(7)3-1-2-4-5/h2-6,14-16H,1H3;1-4H2. The SMILES string of the molecule is CNc1c(Nc2c[nH]c3ccccc23)c(=O)c1=O.FC1(F)CCCC1. The molecule has 1 fully saturated rings. The van der Waals surface area contributed by atoms with Crippen LogP contribution in [0.2, 0.25) is 0 Å². The third kappa shape index (κ3) is 3.40. The van der Waals surface area contributed by atoms with Crippen molar-refractivity contribution in [3.8, 4) is 0 Å². The van der Waals surface area contributed by atoms with Crippen molar-refractivity contribution in [1.29, 1.82) is 0 Å². The Bertz CT molecular complexity index is 947. The van der Waals surface area contributed by atoms with Crippen molar-refractivity contribution in [1.82, 2.24) is 4.98 Å². The van der Waals surface area contributed by atoms with Crippen LogP contribution in [0, 0.1) is 0 Å². The van der Waals surface area contributed by atoms with Crippen LogP contribution in [0.4, 0.5) is 25.8 Å². The second-order valence-electron chi connectivity index (χ2n) is 6.09. The molecule has 25 heavy (non-hydrogen) atoms. The maximum absolute atomic E-state index is 11.9. The number of halogens is 2. The molecule has 0 radical (unpaired) electrons. The van der Waals surface area contributed by atoms with Gasteiger partial charge < -0.3 is 15.6 Å². The molecular weight excluding hydrogens is 328 g/mol. The summed E-state index contributed by atoms with van der Waals surface area (Å²) in [7, 11) is 1.62. The molecule has 3 N–H and O–H groups in total. The van der Waals surface area contributed by atoms with Gasteiger partial charge in [0.25, 0.3) is 10.9 Å². The molecule has 5 nitrogen and oxygen atoms in total. The highest BCUT2D eigenvalue weighted by Gasteiger charge is 2.32. The lowest BCUT2D eigenvalue weighted by Crippen LogP contribution is -2.35. The lowest BCUT2D eigenvalue weighted by molar-refractivity contribution is 0.00931. The molecule has 3 aromatic rings. The molecule has 7 heteroatoms. The maximum atomic E-state index is 11.9. The number of alkyl halides is 2. The monoisotopic (exact) mass is 347 g/mol. The van der Waals surface area contributed by atoms with Gasteiger partial charge in [-0.1, -0.05) is 18.2 Å². The van der Waals surface area contributed by atoms with E-state index in [4.69, 9.17) is 0 Å². The van der Waals surface area contributed by atoms with Crippen LogP contribution in [0.25, 0.3) is 10.9 Å². The van der Waals surface area contributed by atoms with Gasteiger partial charge >= 0.3 is 0 Å². The maximum Gasteiger partial charge on any atom is 0.253 e. The lowest BCUT2D eigenvalue weighted by Gasteiger charge is -2.11. The molecule has 1 aromatic heterocycles. The molecule has 0 bridgehead atoms. The van der Waals surface area contributed by atoms with E-state index >= 15 is 0 Å². The van der Waals surface area contributed by atoms with Crippen LogP contribution in [-0.2, 0) is 0 Å². The minimum Gasteiger partial charge on any atom is -0.383 e. The van der Waals surface area contributed by atoms with Crippen molar-refractivity contribution >= 4 is 28.0 Å². The van der Waals surface area contributed by atoms with Crippen LogP contribution in [0.5, 0.6) is 0 Å². The van der Waals surface area contributed by atoms with Gasteiger partial charge in [0, 0.05) is 37.0 Å². The van der Waals surface area contributed by atoms with Crippen molar-refractivity contribution in [2.45, 2.75) is 31.6 Å². The van der Waals surface area contributed by atoms with Crippen molar-refractivity contribution in [3.63, 3.8) is 0 Å². The number of H-pyrrole nitrogens is 1. The lowest BCUT2D eigenvalue weighted by atomic mass is 10.1. The molecule has 0 aliphatic heterocycles. The molecule has 132 valence electrons. The third-order valence-electron chi connectivity index (χ3n) is 4.34. The summed E-state index contributed by atoms with van der Waals surface area (Å²) in [6.45, 7) is 0. The Morgan fingerprint density at radius 2 is 1.68 bits per heavy atom. The fourth-order valence-corrected chi connectivity index (χ4v) is 2.95. The average molecular weight is 347 g/mol. The van der Waals surface area contributed by atoms with Gasteiger partial charge in [-0.3, -0.25) is 9.59 Å². The summed E-state index contributed by atoms with van der Waals surface area (Å²) in [6, 6.07) is 7.74. The molecular formula is C18H19F2N3O2. The number of hydrogen-bond acceptors (Lipinski definition) is 4. The highest BCUT2D eigenvalue weighted by atomic mass is 19.3. The minimum atomic E-state index is -2.31. The fourth-order valence-electron chi connectivity index (χ4n) is 2.95. The van der Waals surface area contributed by atoms with E-state index in [1.54, 1.807) is 13.2 Å². The number of hydrogen-bond donors (Lipinski definition) is 3. The molecule has 0 atom stereocenters. The van der Waals surface area contributed by atoms with Crippen LogP contribution in [0.15, 0.2) is 40.1 Å². The Kier molecular flexibility index (Phi) is 4.57. The molecule has 1 saturated carbocycles. The summed E-state index contributed by atoms with van der Waals surface area (Å²) in [5.74, 6) is -2.31. The molecule has 0 unspecified atom stereocenters. The molecule has 2 aromatic carbocycles. The Morgan fingerprint density at radius 3 is 2.28 bits per heavy atom. The van der Waals surface area contributed by atoms with E-state index in [0.717, 1.165) is 16.6 Å². The van der Waals surface area contributed by atoms with Crippen molar-refractivity contribution in [2.75, 3.05) is 17.7 Å². The van der Waals surface area contributed by atoms with Crippen molar-refractivity contribution < 1.29 is 8.78 Å². The first kappa shape index (κ1) is 17.1. The topological polar surface area (TPSA) is 74.0 Å². The van der Waals surface area contributed by atoms with E-state index in [1.807, 2.05) is 24.3 Å². The highest BCUT2D eigenvalue weighted by molar-refractivity contribution is 5.95. The molecule has 0 saturated heterocycles. The number of aromatic nitrogens is 1. The minimum absolute atomic E-state index is 0.118. The summed E-state index contributed by atoms with van der Waals surface area (Å²) in [4.78, 5) is 25.8. The molecule has 1 aliphatic rings. The van der Waals surface area contributed by atoms with Gasteiger partial charge in [0.2, 0.25) is 5.92 Å². The fraction of sp³-hybridized carbons (Fsp3) is 0.333. The van der Waals surface area contributed by atoms with Crippen molar-refractivity contribution in [3.05, 3.63) is 50.9 Å². The van der Waals surface area contributed by atoms with Crippen molar-refractivity contribution in [2.24, 2.45) is 0 Å². The second-order valence-corrected chi connectivity index (χ2v) is 6.09. The summed E-state index contributed by atoms with van der Waals surface area (Å²) in [5, 5.41) is 6.71. The Balaban J connectivity index is 0.000000219. The van der Waals surface area contributed by atoms with Gasteiger partial charge in [0.15, 0.2) is 0 Å². The van der Waals surface area contributed by atoms with Crippen LogP contribution in [0.3, 0.4) is 0 Å². The van der Waals surface area contributed by atoms with Gasteiger partial charge in [-0.15, -0.1) is 0 Å². The predicted octanol–water partition coefficient (Wildman–Crippen LogP) is 3.74. The number of benzene rings is 1. The smallest absolute Gasteiger partial charge is 0.253 e. The Labute approximate surface area is 142 Å². The van der Waals surface area contributed by atoms with Crippen LogP contribution >= 0.6 is 0 Å². The van der Waals surface area contributed by atoms with Crippen LogP contribution < -0.4 is 21.5 Å². The average Bonchev–Trinajstić information content (AvgIpc) is 3.20. The van der Waals surface area contributed by atoms with Gasteiger partial charge in [0.1, 0.15) is 11.4 Å². The molecule has 4 rings (SSSR count). The zero-order valence-corrected chi connectivity index (χ0v) is 13.8. The first-order chi connectivity index (χ1) is 11.9. The van der Waals surface area contributed by atoms with Crippen LogP contribution in [0.1, 0.15) is 25.7 Å². The van der Waals surface area contributed by atoms with Gasteiger partial charge in [-0.05, 0) is 18.9 Å². The van der Waals surface area contributed by atoms with Gasteiger partial charge in [0.05, 0.1) is 5.69 Å². The van der Waals surface area contributed by atoms with E-state index in [-0.39, 0.29) is 12.8 Å². The van der Waals surface area contributed by atoms with Gasteiger partial charge in [-0.2, -0.15) is 0 Å². The highest BCUT2D eigenvalue weighted by Crippen LogP contribution is 2.34. The van der Waals surface area contributed by atoms with Crippen LogP contribution in [-0.4, -0.2) is 18.0 Å². The number of aromatic amines is 1. The zero-order chi connectivity index (χ0) is 18.0. The molecule has 1 aliphatic carbocycles. The third-order valence-corrected chi connectivity index (χ3v) is 4.34. The first-order valence-corrected chi connectivity index (χ1v) is 8.15. The summed E-state index contributed by atoms with van der Waals surface area (Å²) in [6.07, 6.45) is 3.45. The molecule has 0 spiro atoms. The van der Waals surface area contributed by atoms with E-state index in [2.05, 4.69) is 15.6 Å². The molecule has 0 amide bonds. The number of fused-ring (bicyclic) bond motifs is 1. The summed E-state index contributed by atoms with van der Waals surface area (Å²) >= 11 is 0. The predicted molar refractivity (Wildman–Crippen MR) is 95.9 cm³/mol. The molecule has 1 heterocycles. The normalized spacial score (nSPS) is 15.8. The number of para-hydroxylation sites is 1. The summed E-state index contributed by atoms with van der Waals surface area (Å²) in [5.41, 5.74) is 1.47. The Morgan fingerprint density at radius 1 is 1.04 bits per heavy atom. The summed E-state index contributed by atoms with van der Waals surface area (Å²) < 4.78 is 23.9. The largest absolute Gasteiger partial charge is 0.383 e. The van der Waals surface area contributed by atoms with E-state index in [1.165, 1.54) is 0 Å². The quantitative estimate of drug-likeness (QED) is 0.631. The van der Waals surface area contributed by atoms with Gasteiger partial charge in [-0.25, -0.2) is 8.78 Å². The van der Waals surface area contributed by atoms with E-state index in [0.29, 0.717) is 24.2 Å². The first-order valence-electron chi connectivity index (χ1n) is 8.15. The van der Waals surface area contributed by atoms with E-state index in [9.17, 15) is 18.4 Å². The van der Waals surface area contributed by atoms with E-state index < -0.39 is 16.8 Å². The number of rotatable bonds is 3. The zero-order valence-electron chi connectivity index (χ0n) is 13.8. The Hall–Kier alpha value is -2.70. The number of nitrogens with one attached hydrogen (secondary N) is 3. The second kappa shape index (κ2) is 6.66.